The van der Waals surface area contributed by atoms with Gasteiger partial charge in [-0.25, -0.2) is 9.59 Å². The monoisotopic (exact) mass is 274 g/mol. The number of carboxylic acids is 1. The Morgan fingerprint density at radius 3 is 2.63 bits per heavy atom. The normalized spacial score (nSPS) is 22.8. The van der Waals surface area contributed by atoms with Crippen molar-refractivity contribution in [2.75, 3.05) is 46.8 Å². The molecule has 0 aromatic heterocycles. The number of aliphatic hydroxyl groups excluding tert-OH is 1. The van der Waals surface area contributed by atoms with Crippen LogP contribution in [0.5, 0.6) is 0 Å². The molecule has 0 radical (unpaired) electrons. The molecule has 4 N–H and O–H groups in total. The van der Waals surface area contributed by atoms with E-state index in [2.05, 4.69) is 20.4 Å². The van der Waals surface area contributed by atoms with Crippen LogP contribution in [0.15, 0.2) is 0 Å². The molecule has 0 aromatic rings. The van der Waals surface area contributed by atoms with Gasteiger partial charge in [0.25, 0.3) is 0 Å². The quantitative estimate of drug-likeness (QED) is 0.461. The van der Waals surface area contributed by atoms with E-state index in [1.54, 1.807) is 0 Å². The van der Waals surface area contributed by atoms with Gasteiger partial charge in [0, 0.05) is 32.2 Å². The van der Waals surface area contributed by atoms with Gasteiger partial charge in [0.1, 0.15) is 0 Å². The van der Waals surface area contributed by atoms with E-state index in [0.717, 1.165) is 19.6 Å². The minimum Gasteiger partial charge on any atom is -0.479 e. The SMILES string of the molecule is CN1CCN(C)C(CNC(=O)NCC(O)C(=O)O)C1. The fourth-order valence-corrected chi connectivity index (χ4v) is 1.87. The standard InChI is InChI=1S/C11H22N4O4/c1-14-3-4-15(2)8(7-14)5-12-11(19)13-6-9(16)10(17)18/h8-9,16H,3-7H2,1-2H3,(H,17,18)(H2,12,13,19). The molecule has 0 aliphatic carbocycles. The molecule has 8 heteroatoms. The van der Waals surface area contributed by atoms with Gasteiger partial charge in [0.2, 0.25) is 0 Å². The Morgan fingerprint density at radius 1 is 1.32 bits per heavy atom. The first kappa shape index (κ1) is 15.7. The van der Waals surface area contributed by atoms with E-state index in [0.29, 0.717) is 6.54 Å². The summed E-state index contributed by atoms with van der Waals surface area (Å²) in [4.78, 5) is 26.2. The van der Waals surface area contributed by atoms with Gasteiger partial charge >= 0.3 is 12.0 Å². The second-order valence-electron chi connectivity index (χ2n) is 4.84. The average Bonchev–Trinajstić information content (AvgIpc) is 2.36. The molecule has 0 spiro atoms. The number of carbonyl (C=O) groups excluding carboxylic acids is 1. The summed E-state index contributed by atoms with van der Waals surface area (Å²) >= 11 is 0. The number of rotatable bonds is 5. The number of carboxylic acid groups (broad SMARTS) is 1. The number of aliphatic hydroxyl groups is 1. The van der Waals surface area contributed by atoms with E-state index in [-0.39, 0.29) is 12.6 Å². The lowest BCUT2D eigenvalue weighted by Crippen LogP contribution is -2.55. The Kier molecular flexibility index (Phi) is 6.00. The first-order valence-electron chi connectivity index (χ1n) is 6.21. The molecule has 0 aromatic carbocycles. The largest absolute Gasteiger partial charge is 0.479 e. The van der Waals surface area contributed by atoms with Crippen LogP contribution in [0.25, 0.3) is 0 Å². The number of piperazine rings is 1. The second kappa shape index (κ2) is 7.27. The summed E-state index contributed by atoms with van der Waals surface area (Å²) in [5.41, 5.74) is 0. The van der Waals surface area contributed by atoms with Crippen molar-refractivity contribution in [1.82, 2.24) is 20.4 Å². The highest BCUT2D eigenvalue weighted by Crippen LogP contribution is 2.04. The third-order valence-electron chi connectivity index (χ3n) is 3.22. The van der Waals surface area contributed by atoms with Crippen LogP contribution in [0.1, 0.15) is 0 Å². The van der Waals surface area contributed by atoms with Crippen molar-refractivity contribution in [3.05, 3.63) is 0 Å². The predicted molar refractivity (Wildman–Crippen MR) is 69.0 cm³/mol. The number of hydrogen-bond acceptors (Lipinski definition) is 5. The van der Waals surface area contributed by atoms with E-state index in [1.165, 1.54) is 0 Å². The molecule has 1 aliphatic rings. The maximum absolute atomic E-state index is 11.4. The molecule has 8 nitrogen and oxygen atoms in total. The molecular formula is C11H22N4O4. The first-order chi connectivity index (χ1) is 8.90. The summed E-state index contributed by atoms with van der Waals surface area (Å²) in [5, 5.41) is 22.5. The molecule has 2 unspecified atom stereocenters. The van der Waals surface area contributed by atoms with E-state index in [9.17, 15) is 9.59 Å². The van der Waals surface area contributed by atoms with E-state index < -0.39 is 18.1 Å². The third kappa shape index (κ3) is 5.41. The smallest absolute Gasteiger partial charge is 0.334 e. The molecule has 1 heterocycles. The number of aliphatic carboxylic acids is 1. The van der Waals surface area contributed by atoms with Crippen molar-refractivity contribution >= 4 is 12.0 Å². The number of nitrogens with one attached hydrogen (secondary N) is 2. The average molecular weight is 274 g/mol. The van der Waals surface area contributed by atoms with Gasteiger partial charge in [-0.2, -0.15) is 0 Å². The maximum atomic E-state index is 11.4. The zero-order chi connectivity index (χ0) is 14.4. The lowest BCUT2D eigenvalue weighted by molar-refractivity contribution is -0.146. The van der Waals surface area contributed by atoms with Crippen molar-refractivity contribution in [1.29, 1.82) is 0 Å². The Labute approximate surface area is 112 Å². The van der Waals surface area contributed by atoms with Crippen LogP contribution in [0.3, 0.4) is 0 Å². The molecule has 0 bridgehead atoms. The fraction of sp³-hybridized carbons (Fsp3) is 0.818. The van der Waals surface area contributed by atoms with Crippen LogP contribution >= 0.6 is 0 Å². The summed E-state index contributed by atoms with van der Waals surface area (Å²) < 4.78 is 0. The van der Waals surface area contributed by atoms with Crippen molar-refractivity contribution < 1.29 is 19.8 Å². The van der Waals surface area contributed by atoms with Gasteiger partial charge in [-0.05, 0) is 14.1 Å². The van der Waals surface area contributed by atoms with Crippen LogP contribution < -0.4 is 10.6 Å². The zero-order valence-electron chi connectivity index (χ0n) is 11.3. The minimum absolute atomic E-state index is 0.230. The van der Waals surface area contributed by atoms with Crippen LogP contribution in [0.2, 0.25) is 0 Å². The molecule has 0 saturated carbocycles. The Bertz CT molecular complexity index is 326. The minimum atomic E-state index is -1.57. The lowest BCUT2D eigenvalue weighted by atomic mass is 10.2. The zero-order valence-corrected chi connectivity index (χ0v) is 11.3. The van der Waals surface area contributed by atoms with Gasteiger partial charge in [-0.3, -0.25) is 4.90 Å². The van der Waals surface area contributed by atoms with Crippen LogP contribution in [-0.2, 0) is 4.79 Å². The number of carbonyl (C=O) groups is 2. The summed E-state index contributed by atoms with van der Waals surface area (Å²) in [7, 11) is 4.04. The first-order valence-corrected chi connectivity index (χ1v) is 6.21. The summed E-state index contributed by atoms with van der Waals surface area (Å²) in [6, 6.07) is -0.240. The Balaban J connectivity index is 2.24. The highest BCUT2D eigenvalue weighted by Gasteiger charge is 2.22. The van der Waals surface area contributed by atoms with Crippen LogP contribution in [0, 0.1) is 0 Å². The van der Waals surface area contributed by atoms with Crippen molar-refractivity contribution in [2.24, 2.45) is 0 Å². The van der Waals surface area contributed by atoms with Crippen molar-refractivity contribution in [3.63, 3.8) is 0 Å². The van der Waals surface area contributed by atoms with E-state index >= 15 is 0 Å². The number of amides is 2. The highest BCUT2D eigenvalue weighted by atomic mass is 16.4. The van der Waals surface area contributed by atoms with Crippen LogP contribution in [0.4, 0.5) is 4.79 Å². The fourth-order valence-electron chi connectivity index (χ4n) is 1.87. The molecule has 2 atom stereocenters. The molecule has 110 valence electrons. The summed E-state index contributed by atoms with van der Waals surface area (Å²) in [6.07, 6.45) is -1.57. The third-order valence-corrected chi connectivity index (χ3v) is 3.22. The van der Waals surface area contributed by atoms with Crippen LogP contribution in [-0.4, -0.2) is 91.0 Å². The van der Waals surface area contributed by atoms with Gasteiger partial charge in [0.15, 0.2) is 6.10 Å². The number of likely N-dealkylation sites (N-methyl/N-ethyl adjacent to an activating group) is 2. The summed E-state index contributed by atoms with van der Waals surface area (Å²) in [5.74, 6) is -1.35. The molecule has 1 rings (SSSR count). The number of hydrogen-bond donors (Lipinski definition) is 4. The maximum Gasteiger partial charge on any atom is 0.334 e. The Hall–Kier alpha value is -1.38. The molecule has 2 amide bonds. The topological polar surface area (TPSA) is 105 Å². The molecule has 1 saturated heterocycles. The Morgan fingerprint density at radius 2 is 2.00 bits per heavy atom. The predicted octanol–water partition coefficient (Wildman–Crippen LogP) is -2.02. The lowest BCUT2D eigenvalue weighted by Gasteiger charge is -2.37. The van der Waals surface area contributed by atoms with Gasteiger partial charge in [-0.15, -0.1) is 0 Å². The van der Waals surface area contributed by atoms with Crippen molar-refractivity contribution in [3.8, 4) is 0 Å². The van der Waals surface area contributed by atoms with Gasteiger partial charge < -0.3 is 25.7 Å². The molecular weight excluding hydrogens is 252 g/mol. The number of nitrogens with zero attached hydrogens (tertiary/aromatic N) is 2. The second-order valence-corrected chi connectivity index (χ2v) is 4.84. The molecule has 1 aliphatic heterocycles. The van der Waals surface area contributed by atoms with E-state index in [4.69, 9.17) is 10.2 Å². The highest BCUT2D eigenvalue weighted by molar-refractivity contribution is 5.76. The summed E-state index contributed by atoms with van der Waals surface area (Å²) in [6.45, 7) is 3.00. The van der Waals surface area contributed by atoms with Gasteiger partial charge in [0.05, 0.1) is 6.54 Å². The van der Waals surface area contributed by atoms with Gasteiger partial charge in [-0.1, -0.05) is 0 Å². The molecule has 1 fully saturated rings. The van der Waals surface area contributed by atoms with E-state index in [1.807, 2.05) is 14.1 Å². The molecule has 19 heavy (non-hydrogen) atoms. The van der Waals surface area contributed by atoms with Crippen molar-refractivity contribution in [2.45, 2.75) is 12.1 Å². The number of urea groups is 1.